The number of thiocarbonyl (C=S) groups is 1. The molecule has 5 nitrogen and oxygen atoms in total. The van der Waals surface area contributed by atoms with Crippen LogP contribution in [0.1, 0.15) is 0 Å². The molecule has 0 aliphatic carbocycles. The quantitative estimate of drug-likeness (QED) is 0.394. The second-order valence-corrected chi connectivity index (χ2v) is 3.03. The van der Waals surface area contributed by atoms with E-state index in [4.69, 9.17) is 12.2 Å². The fraction of sp³-hybridized carbons (Fsp3) is 0.400. The molecule has 0 spiro atoms. The smallest absolute Gasteiger partial charge is 0.252 e. The number of carbonyl (C=O) groups is 2. The Hall–Kier alpha value is -1.01. The Balaban J connectivity index is 2.93. The second-order valence-electron chi connectivity index (χ2n) is 2.64. The summed E-state index contributed by atoms with van der Waals surface area (Å²) in [7, 11) is 3.19. The molecule has 1 saturated heterocycles. The molecule has 6 heteroatoms. The summed E-state index contributed by atoms with van der Waals surface area (Å²) in [6, 6.07) is -0.976. The monoisotopic (exact) mass is 174 g/mol. The fourth-order valence-corrected chi connectivity index (χ4v) is 0.773. The van der Waals surface area contributed by atoms with E-state index < -0.39 is 12.1 Å². The van der Waals surface area contributed by atoms with Crippen LogP contribution in [0.25, 0.3) is 0 Å². The first-order chi connectivity index (χ1) is 4.94. The lowest BCUT2D eigenvalue weighted by molar-refractivity contribution is -0.712. The van der Waals surface area contributed by atoms with Crippen molar-refractivity contribution in [3.63, 3.8) is 0 Å². The number of hydrogen-bond acceptors (Lipinski definition) is 3. The average molecular weight is 174 g/mol. The van der Waals surface area contributed by atoms with Gasteiger partial charge in [-0.25, -0.2) is 14.9 Å². The lowest BCUT2D eigenvalue weighted by Crippen LogP contribution is -2.67. The lowest BCUT2D eigenvalue weighted by Gasteiger charge is -2.29. The minimum Gasteiger partial charge on any atom is -0.252 e. The molecule has 0 aromatic rings. The highest BCUT2D eigenvalue weighted by atomic mass is 32.1. The van der Waals surface area contributed by atoms with E-state index in [1.54, 1.807) is 14.1 Å². The molecule has 0 aromatic carbocycles. The number of quaternary nitrogens is 1. The van der Waals surface area contributed by atoms with Gasteiger partial charge in [-0.15, -0.1) is 0 Å². The topological polar surface area (TPSA) is 58.2 Å². The van der Waals surface area contributed by atoms with Crippen LogP contribution >= 0.6 is 12.2 Å². The number of rotatable bonds is 0. The summed E-state index contributed by atoms with van der Waals surface area (Å²) in [6.45, 7) is 0. The largest absolute Gasteiger partial charge is 0.431 e. The molecule has 0 unspecified atom stereocenters. The molecule has 1 aliphatic rings. The van der Waals surface area contributed by atoms with Crippen LogP contribution in [0, 0.1) is 0 Å². The van der Waals surface area contributed by atoms with E-state index >= 15 is 0 Å². The number of carbonyl (C=O) groups excluding carboxylic acids is 2. The van der Waals surface area contributed by atoms with Crippen molar-refractivity contribution in [2.24, 2.45) is 0 Å². The predicted octanol–water partition coefficient (Wildman–Crippen LogP) is -0.219. The number of nitrogens with one attached hydrogen (secondary N) is 2. The van der Waals surface area contributed by atoms with Gasteiger partial charge in [0, 0.05) is 12.2 Å². The molecule has 0 radical (unpaired) electrons. The van der Waals surface area contributed by atoms with Crippen molar-refractivity contribution in [1.29, 1.82) is 0 Å². The molecule has 0 saturated carbocycles. The van der Waals surface area contributed by atoms with E-state index in [1.807, 2.05) is 0 Å². The Labute approximate surface area is 68.9 Å². The van der Waals surface area contributed by atoms with Crippen LogP contribution in [0.4, 0.5) is 9.59 Å². The van der Waals surface area contributed by atoms with Crippen molar-refractivity contribution in [2.45, 2.75) is 0 Å². The van der Waals surface area contributed by atoms with E-state index in [0.29, 0.717) is 0 Å². The molecular weight excluding hydrogens is 166 g/mol. The van der Waals surface area contributed by atoms with Gasteiger partial charge in [-0.05, 0) is 0 Å². The summed E-state index contributed by atoms with van der Waals surface area (Å²) in [5.74, 6) is 0. The van der Waals surface area contributed by atoms with E-state index in [-0.39, 0.29) is 9.60 Å². The zero-order valence-electron chi connectivity index (χ0n) is 6.17. The minimum absolute atomic E-state index is 0.138. The molecule has 0 bridgehead atoms. The summed E-state index contributed by atoms with van der Waals surface area (Å²) in [5.41, 5.74) is 0. The van der Waals surface area contributed by atoms with Gasteiger partial charge in [0.1, 0.15) is 0 Å². The first kappa shape index (κ1) is 8.09. The predicted molar refractivity (Wildman–Crippen MR) is 41.8 cm³/mol. The summed E-state index contributed by atoms with van der Waals surface area (Å²) in [4.78, 5) is 21.7. The summed E-state index contributed by atoms with van der Waals surface area (Å²) in [5, 5.41) is 4.64. The maximum Gasteiger partial charge on any atom is 0.431 e. The third kappa shape index (κ3) is 1.22. The van der Waals surface area contributed by atoms with Gasteiger partial charge in [-0.1, -0.05) is 0 Å². The van der Waals surface area contributed by atoms with Crippen LogP contribution < -0.4 is 10.6 Å². The molecule has 1 rings (SSSR count). The minimum atomic E-state index is -0.558. The highest BCUT2D eigenvalue weighted by molar-refractivity contribution is 7.80. The van der Waals surface area contributed by atoms with Gasteiger partial charge in [0.05, 0.1) is 14.1 Å². The van der Waals surface area contributed by atoms with Gasteiger partial charge in [-0.2, -0.15) is 4.48 Å². The molecule has 4 amide bonds. The fourth-order valence-electron chi connectivity index (χ4n) is 0.597. The summed E-state index contributed by atoms with van der Waals surface area (Å²) in [6.07, 6.45) is 0. The lowest BCUT2D eigenvalue weighted by atomic mass is 10.5. The van der Waals surface area contributed by atoms with Gasteiger partial charge in [-0.3, -0.25) is 5.32 Å². The number of imide groups is 1. The van der Waals surface area contributed by atoms with Crippen LogP contribution in [-0.4, -0.2) is 35.8 Å². The molecule has 2 N–H and O–H groups in total. The molecular formula is C5H8N3O2S+. The first-order valence-corrected chi connectivity index (χ1v) is 3.36. The second kappa shape index (κ2) is 2.24. The molecule has 0 atom stereocenters. The standard InChI is InChI=1S/C5H7N3O2S/c1-8(2)4(10)6-3(9)7-5(8)11/h1-2H3,(H-,6,7,9,10,11)/p+1. The SMILES string of the molecule is C[N+]1(C)C(=O)NC(=O)NC1=S. The summed E-state index contributed by atoms with van der Waals surface area (Å²) < 4.78 is -0.138. The Morgan fingerprint density at radius 3 is 2.27 bits per heavy atom. The molecule has 1 fully saturated rings. The van der Waals surface area contributed by atoms with Crippen molar-refractivity contribution in [3.8, 4) is 0 Å². The maximum atomic E-state index is 11.0. The van der Waals surface area contributed by atoms with Gasteiger partial charge >= 0.3 is 12.1 Å². The number of nitrogens with zero attached hydrogens (tertiary/aromatic N) is 1. The van der Waals surface area contributed by atoms with Gasteiger partial charge in [0.25, 0.3) is 5.11 Å². The van der Waals surface area contributed by atoms with Gasteiger partial charge in [0.2, 0.25) is 0 Å². The van der Waals surface area contributed by atoms with E-state index in [0.717, 1.165) is 0 Å². The number of amides is 4. The van der Waals surface area contributed by atoms with Crippen molar-refractivity contribution in [2.75, 3.05) is 14.1 Å². The van der Waals surface area contributed by atoms with Crippen molar-refractivity contribution >= 4 is 29.4 Å². The average Bonchev–Trinajstić information content (AvgIpc) is 1.84. The van der Waals surface area contributed by atoms with Crippen molar-refractivity contribution in [1.82, 2.24) is 10.6 Å². The third-order valence-electron chi connectivity index (χ3n) is 1.46. The summed E-state index contributed by atoms with van der Waals surface area (Å²) >= 11 is 4.78. The maximum absolute atomic E-state index is 11.0. The highest BCUT2D eigenvalue weighted by Gasteiger charge is 2.39. The molecule has 0 aromatic heterocycles. The Kier molecular flexibility index (Phi) is 1.65. The van der Waals surface area contributed by atoms with Crippen LogP contribution in [0.5, 0.6) is 0 Å². The normalized spacial score (nSPS) is 22.5. The van der Waals surface area contributed by atoms with Gasteiger partial charge in [0.15, 0.2) is 0 Å². The Morgan fingerprint density at radius 1 is 1.27 bits per heavy atom. The van der Waals surface area contributed by atoms with E-state index in [2.05, 4.69) is 10.6 Å². The Bertz CT molecular complexity index is 226. The number of urea groups is 2. The van der Waals surface area contributed by atoms with E-state index in [1.165, 1.54) is 0 Å². The van der Waals surface area contributed by atoms with Crippen LogP contribution in [0.3, 0.4) is 0 Å². The molecule has 60 valence electrons. The number of hydrogen-bond donors (Lipinski definition) is 2. The highest BCUT2D eigenvalue weighted by Crippen LogP contribution is 2.03. The molecule has 1 heterocycles. The van der Waals surface area contributed by atoms with Crippen LogP contribution in [-0.2, 0) is 0 Å². The third-order valence-corrected chi connectivity index (χ3v) is 2.01. The van der Waals surface area contributed by atoms with Crippen LogP contribution in [0.15, 0.2) is 0 Å². The van der Waals surface area contributed by atoms with Gasteiger partial charge < -0.3 is 0 Å². The molecule has 11 heavy (non-hydrogen) atoms. The molecule has 1 aliphatic heterocycles. The first-order valence-electron chi connectivity index (χ1n) is 2.95. The van der Waals surface area contributed by atoms with Crippen molar-refractivity contribution in [3.05, 3.63) is 0 Å². The van der Waals surface area contributed by atoms with Crippen molar-refractivity contribution < 1.29 is 14.1 Å². The van der Waals surface area contributed by atoms with E-state index in [9.17, 15) is 9.59 Å². The zero-order chi connectivity index (χ0) is 8.65. The van der Waals surface area contributed by atoms with Crippen LogP contribution in [0.2, 0.25) is 0 Å². The Morgan fingerprint density at radius 2 is 1.82 bits per heavy atom. The zero-order valence-corrected chi connectivity index (χ0v) is 6.99.